The summed E-state index contributed by atoms with van der Waals surface area (Å²) in [5.41, 5.74) is 5.57. The van der Waals surface area contributed by atoms with Crippen LogP contribution >= 0.6 is 15.9 Å². The Morgan fingerprint density at radius 1 is 1.61 bits per heavy atom. The Hall–Kier alpha value is -0.700. The molecule has 0 aromatic carbocycles. The minimum Gasteiger partial charge on any atom is -0.383 e. The van der Waals surface area contributed by atoms with E-state index in [2.05, 4.69) is 25.6 Å². The van der Waals surface area contributed by atoms with Crippen molar-refractivity contribution in [2.75, 3.05) is 18.9 Å². The van der Waals surface area contributed by atoms with Crippen LogP contribution in [0, 0.1) is 0 Å². The molecule has 8 heteroatoms. The number of hydrogen-bond acceptors (Lipinski definition) is 5. The van der Waals surface area contributed by atoms with Crippen LogP contribution in [0.1, 0.15) is 13.8 Å². The van der Waals surface area contributed by atoms with Crippen molar-refractivity contribution in [1.82, 2.24) is 9.71 Å². The third-order valence-electron chi connectivity index (χ3n) is 2.07. The molecular weight excluding hydrogens is 322 g/mol. The third-order valence-corrected chi connectivity index (χ3v) is 4.12. The molecule has 0 saturated heterocycles. The van der Waals surface area contributed by atoms with Crippen LogP contribution in [0.2, 0.25) is 0 Å². The molecule has 0 bridgehead atoms. The van der Waals surface area contributed by atoms with Gasteiger partial charge >= 0.3 is 0 Å². The Balaban J connectivity index is 2.89. The van der Waals surface area contributed by atoms with Gasteiger partial charge in [0.2, 0.25) is 10.0 Å². The van der Waals surface area contributed by atoms with Gasteiger partial charge in [-0.15, -0.1) is 0 Å². The van der Waals surface area contributed by atoms with Crippen LogP contribution in [-0.4, -0.2) is 32.7 Å². The maximum atomic E-state index is 12.1. The lowest BCUT2D eigenvalue weighted by atomic mass is 10.4. The monoisotopic (exact) mass is 337 g/mol. The van der Waals surface area contributed by atoms with Crippen molar-refractivity contribution in [3.8, 4) is 0 Å². The molecule has 0 spiro atoms. The highest BCUT2D eigenvalue weighted by Gasteiger charge is 2.21. The van der Waals surface area contributed by atoms with E-state index >= 15 is 0 Å². The Kier molecular flexibility index (Phi) is 5.51. The van der Waals surface area contributed by atoms with Gasteiger partial charge in [0.1, 0.15) is 10.7 Å². The Bertz CT molecular complexity index is 507. The van der Waals surface area contributed by atoms with Gasteiger partial charge < -0.3 is 10.5 Å². The molecule has 1 rings (SSSR count). The molecule has 0 fully saturated rings. The summed E-state index contributed by atoms with van der Waals surface area (Å²) in [7, 11) is -3.69. The smallest absolute Gasteiger partial charge is 0.244 e. The zero-order chi connectivity index (χ0) is 13.8. The van der Waals surface area contributed by atoms with E-state index in [0.717, 1.165) is 0 Å². The van der Waals surface area contributed by atoms with Crippen LogP contribution in [0.15, 0.2) is 21.6 Å². The van der Waals surface area contributed by atoms with Crippen LogP contribution in [0.3, 0.4) is 0 Å². The van der Waals surface area contributed by atoms with E-state index in [1.165, 1.54) is 12.3 Å². The number of aromatic nitrogens is 1. The van der Waals surface area contributed by atoms with Crippen molar-refractivity contribution in [2.24, 2.45) is 0 Å². The van der Waals surface area contributed by atoms with Crippen molar-refractivity contribution in [2.45, 2.75) is 24.8 Å². The summed E-state index contributed by atoms with van der Waals surface area (Å²) in [5, 5.41) is 0. The SMILES string of the molecule is CCOCC(C)NS(=O)(=O)c1cc(Br)cnc1N. The van der Waals surface area contributed by atoms with Crippen molar-refractivity contribution in [3.63, 3.8) is 0 Å². The normalized spacial score (nSPS) is 13.5. The maximum Gasteiger partial charge on any atom is 0.244 e. The first-order chi connectivity index (χ1) is 8.36. The first-order valence-corrected chi connectivity index (χ1v) is 7.65. The van der Waals surface area contributed by atoms with Gasteiger partial charge in [0.25, 0.3) is 0 Å². The van der Waals surface area contributed by atoms with Crippen molar-refractivity contribution >= 4 is 31.8 Å². The van der Waals surface area contributed by atoms with Crippen LogP contribution < -0.4 is 10.5 Å². The van der Waals surface area contributed by atoms with E-state index < -0.39 is 10.0 Å². The number of nitrogens with zero attached hydrogens (tertiary/aromatic N) is 1. The lowest BCUT2D eigenvalue weighted by Gasteiger charge is -2.14. The molecule has 0 aliphatic rings. The number of nitrogen functional groups attached to an aromatic ring is 1. The van der Waals surface area contributed by atoms with Crippen LogP contribution in [0.5, 0.6) is 0 Å². The van der Waals surface area contributed by atoms with E-state index in [0.29, 0.717) is 17.7 Å². The largest absolute Gasteiger partial charge is 0.383 e. The van der Waals surface area contributed by atoms with Gasteiger partial charge in [-0.25, -0.2) is 18.1 Å². The highest BCUT2D eigenvalue weighted by Crippen LogP contribution is 2.20. The molecule has 6 nitrogen and oxygen atoms in total. The number of halogens is 1. The third kappa shape index (κ3) is 4.20. The predicted octanol–water partition coefficient (Wildman–Crippen LogP) is 1.13. The van der Waals surface area contributed by atoms with E-state index in [1.54, 1.807) is 6.92 Å². The van der Waals surface area contributed by atoms with Crippen LogP contribution in [-0.2, 0) is 14.8 Å². The Morgan fingerprint density at radius 2 is 2.28 bits per heavy atom. The molecule has 1 heterocycles. The number of ether oxygens (including phenoxy) is 1. The fourth-order valence-electron chi connectivity index (χ4n) is 1.30. The lowest BCUT2D eigenvalue weighted by molar-refractivity contribution is 0.133. The number of sulfonamides is 1. The second-order valence-electron chi connectivity index (χ2n) is 3.72. The van der Waals surface area contributed by atoms with Gasteiger partial charge in [-0.3, -0.25) is 0 Å². The van der Waals surface area contributed by atoms with Crippen molar-refractivity contribution in [1.29, 1.82) is 0 Å². The van der Waals surface area contributed by atoms with Crippen molar-refractivity contribution in [3.05, 3.63) is 16.7 Å². The number of pyridine rings is 1. The average molecular weight is 338 g/mol. The molecule has 1 aromatic rings. The molecule has 18 heavy (non-hydrogen) atoms. The second-order valence-corrected chi connectivity index (χ2v) is 6.32. The summed E-state index contributed by atoms with van der Waals surface area (Å²) < 4.78 is 32.3. The minimum atomic E-state index is -3.69. The molecule has 0 aliphatic carbocycles. The predicted molar refractivity (Wildman–Crippen MR) is 72.6 cm³/mol. The fraction of sp³-hybridized carbons (Fsp3) is 0.500. The summed E-state index contributed by atoms with van der Waals surface area (Å²) >= 11 is 3.16. The summed E-state index contributed by atoms with van der Waals surface area (Å²) in [5.74, 6) is -0.0330. The standard InChI is InChI=1S/C10H16BrN3O3S/c1-3-17-6-7(2)14-18(15,16)9-4-8(11)5-13-10(9)12/h4-5,7,14H,3,6H2,1-2H3,(H2,12,13). The first-order valence-electron chi connectivity index (χ1n) is 5.38. The number of nitrogens with two attached hydrogens (primary N) is 1. The minimum absolute atomic E-state index is 0.0330. The number of hydrogen-bond donors (Lipinski definition) is 2. The van der Waals surface area contributed by atoms with Gasteiger partial charge in [0.05, 0.1) is 6.61 Å². The highest BCUT2D eigenvalue weighted by molar-refractivity contribution is 9.10. The zero-order valence-electron chi connectivity index (χ0n) is 10.2. The topological polar surface area (TPSA) is 94.3 Å². The summed E-state index contributed by atoms with van der Waals surface area (Å²) in [6, 6.07) is 1.08. The summed E-state index contributed by atoms with van der Waals surface area (Å²) in [6.45, 7) is 4.40. The molecule has 0 saturated carbocycles. The van der Waals surface area contributed by atoms with E-state index in [9.17, 15) is 8.42 Å². The quantitative estimate of drug-likeness (QED) is 0.811. The second kappa shape index (κ2) is 6.46. The van der Waals surface area contributed by atoms with Crippen LogP contribution in [0.25, 0.3) is 0 Å². The van der Waals surface area contributed by atoms with Gasteiger partial charge in [-0.05, 0) is 35.8 Å². The molecule has 3 N–H and O–H groups in total. The Morgan fingerprint density at radius 3 is 2.89 bits per heavy atom. The molecule has 0 amide bonds. The number of nitrogens with one attached hydrogen (secondary N) is 1. The molecular formula is C10H16BrN3O3S. The van der Waals surface area contributed by atoms with E-state index in [1.807, 2.05) is 6.92 Å². The average Bonchev–Trinajstić information content (AvgIpc) is 2.29. The van der Waals surface area contributed by atoms with E-state index in [-0.39, 0.29) is 16.8 Å². The zero-order valence-corrected chi connectivity index (χ0v) is 12.6. The van der Waals surface area contributed by atoms with E-state index in [4.69, 9.17) is 10.5 Å². The number of anilines is 1. The molecule has 1 unspecified atom stereocenters. The van der Waals surface area contributed by atoms with Gasteiger partial charge in [0, 0.05) is 23.3 Å². The molecule has 0 radical (unpaired) electrons. The maximum absolute atomic E-state index is 12.1. The lowest BCUT2D eigenvalue weighted by Crippen LogP contribution is -2.36. The summed E-state index contributed by atoms with van der Waals surface area (Å²) in [4.78, 5) is 3.75. The van der Waals surface area contributed by atoms with Crippen LogP contribution in [0.4, 0.5) is 5.82 Å². The molecule has 1 aromatic heterocycles. The van der Waals surface area contributed by atoms with Gasteiger partial charge in [0.15, 0.2) is 0 Å². The van der Waals surface area contributed by atoms with Gasteiger partial charge in [-0.2, -0.15) is 0 Å². The highest BCUT2D eigenvalue weighted by atomic mass is 79.9. The molecule has 1 atom stereocenters. The number of rotatable bonds is 6. The van der Waals surface area contributed by atoms with Crippen molar-refractivity contribution < 1.29 is 13.2 Å². The molecule has 0 aliphatic heterocycles. The molecule has 102 valence electrons. The fourth-order valence-corrected chi connectivity index (χ4v) is 3.12. The first kappa shape index (κ1) is 15.4. The Labute approximate surface area is 115 Å². The van der Waals surface area contributed by atoms with Gasteiger partial charge in [-0.1, -0.05) is 0 Å². The summed E-state index contributed by atoms with van der Waals surface area (Å²) in [6.07, 6.45) is 1.44.